The molecule has 1 aliphatic heterocycles. The van der Waals surface area contributed by atoms with Gasteiger partial charge in [0.05, 0.1) is 5.60 Å². The van der Waals surface area contributed by atoms with E-state index in [1.165, 1.54) is 0 Å². The molecule has 5 heteroatoms. The summed E-state index contributed by atoms with van der Waals surface area (Å²) in [7, 11) is 0. The highest BCUT2D eigenvalue weighted by Gasteiger charge is 2.46. The van der Waals surface area contributed by atoms with Crippen molar-refractivity contribution in [3.05, 3.63) is 0 Å². The minimum atomic E-state index is -1.00. The van der Waals surface area contributed by atoms with Gasteiger partial charge in [-0.2, -0.15) is 0 Å². The highest BCUT2D eigenvalue weighted by atomic mass is 35.5. The summed E-state index contributed by atoms with van der Waals surface area (Å²) < 4.78 is 5.71. The van der Waals surface area contributed by atoms with Crippen molar-refractivity contribution in [3.8, 4) is 0 Å². The van der Waals surface area contributed by atoms with Gasteiger partial charge >= 0.3 is 5.97 Å². The molecule has 0 aromatic heterocycles. The maximum absolute atomic E-state index is 10.9. The molecule has 2 aliphatic rings. The minimum Gasteiger partial charge on any atom is -0.480 e. The van der Waals surface area contributed by atoms with Gasteiger partial charge in [0.25, 0.3) is 0 Å². The van der Waals surface area contributed by atoms with E-state index in [0.29, 0.717) is 12.8 Å². The molecule has 0 unspecified atom stereocenters. The largest absolute Gasteiger partial charge is 0.480 e. The van der Waals surface area contributed by atoms with Gasteiger partial charge in [0, 0.05) is 6.61 Å². The Labute approximate surface area is 95.6 Å². The van der Waals surface area contributed by atoms with Crippen LogP contribution in [-0.2, 0) is 9.53 Å². The summed E-state index contributed by atoms with van der Waals surface area (Å²) in [5, 5.41) is 8.96. The lowest BCUT2D eigenvalue weighted by molar-refractivity contribution is -0.147. The van der Waals surface area contributed by atoms with Crippen LogP contribution in [0.4, 0.5) is 0 Å². The molecule has 1 heterocycles. The SMILES string of the molecule is Cl.NC1(C(=O)O)CCC2(CCCO2)CC1. The maximum Gasteiger partial charge on any atom is 0.323 e. The number of carbonyl (C=O) groups is 1. The van der Waals surface area contributed by atoms with Crippen LogP contribution in [0.1, 0.15) is 38.5 Å². The molecular weight excluding hydrogens is 218 g/mol. The Kier molecular flexibility index (Phi) is 3.63. The Bertz CT molecular complexity index is 241. The van der Waals surface area contributed by atoms with Crippen molar-refractivity contribution in [2.24, 2.45) is 5.73 Å². The van der Waals surface area contributed by atoms with Crippen molar-refractivity contribution in [1.82, 2.24) is 0 Å². The van der Waals surface area contributed by atoms with E-state index in [1.807, 2.05) is 0 Å². The molecule has 4 nitrogen and oxygen atoms in total. The zero-order chi connectivity index (χ0) is 10.2. The van der Waals surface area contributed by atoms with Gasteiger partial charge in [0.1, 0.15) is 5.54 Å². The standard InChI is InChI=1S/C10H17NO3.ClH/c11-10(8(12)13)5-3-9(4-6-10)2-1-7-14-9;/h1-7,11H2,(H,12,13);1H. The van der Waals surface area contributed by atoms with Crippen molar-refractivity contribution >= 4 is 18.4 Å². The second-order valence-corrected chi connectivity index (χ2v) is 4.60. The predicted octanol–water partition coefficient (Wildman–Crippen LogP) is 1.31. The monoisotopic (exact) mass is 235 g/mol. The van der Waals surface area contributed by atoms with Crippen LogP contribution in [0.3, 0.4) is 0 Å². The summed E-state index contributed by atoms with van der Waals surface area (Å²) in [6, 6.07) is 0. The van der Waals surface area contributed by atoms with Crippen molar-refractivity contribution in [1.29, 1.82) is 0 Å². The summed E-state index contributed by atoms with van der Waals surface area (Å²) in [6.07, 6.45) is 4.86. The average Bonchev–Trinajstić information content (AvgIpc) is 2.60. The lowest BCUT2D eigenvalue weighted by atomic mass is 9.73. The number of halogens is 1. The van der Waals surface area contributed by atoms with Gasteiger partial charge < -0.3 is 15.6 Å². The molecule has 0 radical (unpaired) electrons. The molecule has 0 atom stereocenters. The summed E-state index contributed by atoms with van der Waals surface area (Å²) in [6.45, 7) is 0.824. The van der Waals surface area contributed by atoms with Crippen LogP contribution in [0, 0.1) is 0 Å². The van der Waals surface area contributed by atoms with Gasteiger partial charge in [0.15, 0.2) is 0 Å². The molecule has 0 aromatic rings. The lowest BCUT2D eigenvalue weighted by Crippen LogP contribution is -2.53. The molecule has 1 saturated heterocycles. The first-order valence-corrected chi connectivity index (χ1v) is 5.23. The normalized spacial score (nSPS) is 40.1. The number of rotatable bonds is 1. The second-order valence-electron chi connectivity index (χ2n) is 4.60. The molecule has 1 aliphatic carbocycles. The third-order valence-corrected chi connectivity index (χ3v) is 3.66. The zero-order valence-electron chi connectivity index (χ0n) is 8.70. The maximum atomic E-state index is 10.9. The lowest BCUT2D eigenvalue weighted by Gasteiger charge is -2.39. The van der Waals surface area contributed by atoms with Crippen LogP contribution < -0.4 is 5.73 Å². The Morgan fingerprint density at radius 1 is 1.20 bits per heavy atom. The van der Waals surface area contributed by atoms with Gasteiger partial charge in [-0.05, 0) is 38.5 Å². The van der Waals surface area contributed by atoms with Crippen LogP contribution in [0.2, 0.25) is 0 Å². The molecule has 0 aromatic carbocycles. The van der Waals surface area contributed by atoms with Crippen LogP contribution in [0.25, 0.3) is 0 Å². The summed E-state index contributed by atoms with van der Waals surface area (Å²) >= 11 is 0. The number of hydrogen-bond acceptors (Lipinski definition) is 3. The van der Waals surface area contributed by atoms with Crippen LogP contribution in [-0.4, -0.2) is 28.8 Å². The molecule has 0 amide bonds. The first-order chi connectivity index (χ1) is 6.56. The summed E-state index contributed by atoms with van der Waals surface area (Å²) in [5.74, 6) is -0.870. The zero-order valence-corrected chi connectivity index (χ0v) is 9.52. The number of carboxylic acid groups (broad SMARTS) is 1. The fraction of sp³-hybridized carbons (Fsp3) is 0.900. The molecule has 15 heavy (non-hydrogen) atoms. The number of hydrogen-bond donors (Lipinski definition) is 2. The quantitative estimate of drug-likeness (QED) is 0.719. The molecule has 1 spiro atoms. The molecule has 1 saturated carbocycles. The molecular formula is C10H18ClNO3. The number of nitrogens with two attached hydrogens (primary N) is 1. The van der Waals surface area contributed by atoms with Crippen LogP contribution in [0.5, 0.6) is 0 Å². The van der Waals surface area contributed by atoms with E-state index in [0.717, 1.165) is 32.3 Å². The van der Waals surface area contributed by atoms with E-state index in [2.05, 4.69) is 0 Å². The second kappa shape index (κ2) is 4.28. The third kappa shape index (κ3) is 2.27. The van der Waals surface area contributed by atoms with E-state index in [-0.39, 0.29) is 18.0 Å². The molecule has 2 fully saturated rings. The van der Waals surface area contributed by atoms with E-state index in [1.54, 1.807) is 0 Å². The highest BCUT2D eigenvalue weighted by molar-refractivity contribution is 5.85. The predicted molar refractivity (Wildman–Crippen MR) is 58.2 cm³/mol. The minimum absolute atomic E-state index is 0. The molecule has 2 rings (SSSR count). The first-order valence-electron chi connectivity index (χ1n) is 5.23. The number of carboxylic acids is 1. The fourth-order valence-electron chi connectivity index (χ4n) is 2.52. The summed E-state index contributed by atoms with van der Waals surface area (Å²) in [4.78, 5) is 10.9. The van der Waals surface area contributed by atoms with Gasteiger partial charge in [-0.1, -0.05) is 0 Å². The van der Waals surface area contributed by atoms with Crippen molar-refractivity contribution in [3.63, 3.8) is 0 Å². The van der Waals surface area contributed by atoms with Crippen LogP contribution >= 0.6 is 12.4 Å². The number of aliphatic carboxylic acids is 1. The van der Waals surface area contributed by atoms with E-state index in [4.69, 9.17) is 15.6 Å². The molecule has 0 bridgehead atoms. The van der Waals surface area contributed by atoms with Gasteiger partial charge in [-0.3, -0.25) is 4.79 Å². The van der Waals surface area contributed by atoms with Crippen molar-refractivity contribution in [2.75, 3.05) is 6.61 Å². The Hall–Kier alpha value is -0.320. The van der Waals surface area contributed by atoms with Crippen molar-refractivity contribution in [2.45, 2.75) is 49.7 Å². The topological polar surface area (TPSA) is 72.6 Å². The van der Waals surface area contributed by atoms with E-state index < -0.39 is 11.5 Å². The smallest absolute Gasteiger partial charge is 0.323 e. The molecule has 3 N–H and O–H groups in total. The van der Waals surface area contributed by atoms with Gasteiger partial charge in [-0.15, -0.1) is 12.4 Å². The summed E-state index contributed by atoms with van der Waals surface area (Å²) in [5.41, 5.74) is 4.77. The first kappa shape index (κ1) is 12.7. The average molecular weight is 236 g/mol. The Morgan fingerprint density at radius 3 is 2.20 bits per heavy atom. The molecule has 88 valence electrons. The Morgan fingerprint density at radius 2 is 1.80 bits per heavy atom. The van der Waals surface area contributed by atoms with Gasteiger partial charge in [0.2, 0.25) is 0 Å². The fourth-order valence-corrected chi connectivity index (χ4v) is 2.52. The Balaban J connectivity index is 0.00000112. The highest BCUT2D eigenvalue weighted by Crippen LogP contribution is 2.42. The van der Waals surface area contributed by atoms with E-state index >= 15 is 0 Å². The van der Waals surface area contributed by atoms with Gasteiger partial charge in [-0.25, -0.2) is 0 Å². The third-order valence-electron chi connectivity index (χ3n) is 3.66. The van der Waals surface area contributed by atoms with E-state index in [9.17, 15) is 4.79 Å². The van der Waals surface area contributed by atoms with Crippen LogP contribution in [0.15, 0.2) is 0 Å². The van der Waals surface area contributed by atoms with Crippen molar-refractivity contribution < 1.29 is 14.6 Å². The number of ether oxygens (including phenoxy) is 1.